The van der Waals surface area contributed by atoms with Crippen LogP contribution in [0.5, 0.6) is 5.75 Å². The number of carbonyl (C=O) groups excluding carboxylic acids is 1. The van der Waals surface area contributed by atoms with Crippen molar-refractivity contribution in [2.75, 3.05) is 20.7 Å². The van der Waals surface area contributed by atoms with Gasteiger partial charge in [0, 0.05) is 13.6 Å². The number of methoxy groups -OCH3 is 1. The van der Waals surface area contributed by atoms with Gasteiger partial charge in [-0.05, 0) is 36.6 Å². The van der Waals surface area contributed by atoms with Crippen LogP contribution in [-0.4, -0.2) is 49.5 Å². The molecular formula is C18H20N4O5S2. The van der Waals surface area contributed by atoms with Crippen molar-refractivity contribution in [1.29, 1.82) is 0 Å². The summed E-state index contributed by atoms with van der Waals surface area (Å²) in [5.41, 5.74) is 0.140. The van der Waals surface area contributed by atoms with Crippen molar-refractivity contribution in [1.82, 2.24) is 19.8 Å². The number of carbonyl (C=O) groups is 1. The number of aromatic nitrogens is 2. The Labute approximate surface area is 172 Å². The zero-order valence-electron chi connectivity index (χ0n) is 16.1. The van der Waals surface area contributed by atoms with Crippen molar-refractivity contribution >= 4 is 27.3 Å². The molecule has 1 amide bonds. The maximum absolute atomic E-state index is 13.0. The summed E-state index contributed by atoms with van der Waals surface area (Å²) >= 11 is 1.46. The van der Waals surface area contributed by atoms with E-state index in [1.54, 1.807) is 6.92 Å². The molecule has 0 fully saturated rings. The topological polar surface area (TPSA) is 115 Å². The van der Waals surface area contributed by atoms with Crippen LogP contribution in [0.4, 0.5) is 0 Å². The lowest BCUT2D eigenvalue weighted by Crippen LogP contribution is -2.28. The SMILES string of the molecule is CCNC(=O)c1cc(S(=O)(=O)N(C)Cc2nc(-c3cccs3)no2)ccc1OC. The third-order valence-electron chi connectivity index (χ3n) is 4.03. The Hall–Kier alpha value is -2.76. The first-order valence-electron chi connectivity index (χ1n) is 8.65. The molecule has 0 radical (unpaired) electrons. The van der Waals surface area contributed by atoms with Crippen LogP contribution in [0.25, 0.3) is 10.7 Å². The van der Waals surface area contributed by atoms with Crippen molar-refractivity contribution in [2.45, 2.75) is 18.4 Å². The summed E-state index contributed by atoms with van der Waals surface area (Å²) in [5.74, 6) is 0.442. The Bertz CT molecular complexity index is 1090. The largest absolute Gasteiger partial charge is 0.496 e. The number of sulfonamides is 1. The number of rotatable bonds is 8. The number of benzene rings is 1. The van der Waals surface area contributed by atoms with Crippen LogP contribution in [0.2, 0.25) is 0 Å². The molecule has 0 aliphatic rings. The van der Waals surface area contributed by atoms with Gasteiger partial charge in [-0.3, -0.25) is 4.79 Å². The third kappa shape index (κ3) is 4.47. The van der Waals surface area contributed by atoms with Crippen molar-refractivity contribution in [3.05, 3.63) is 47.2 Å². The number of hydrogen-bond donors (Lipinski definition) is 1. The smallest absolute Gasteiger partial charge is 0.255 e. The van der Waals surface area contributed by atoms with Crippen LogP contribution in [0.1, 0.15) is 23.2 Å². The van der Waals surface area contributed by atoms with Crippen LogP contribution in [0.3, 0.4) is 0 Å². The highest BCUT2D eigenvalue weighted by Gasteiger charge is 2.25. The molecule has 0 aliphatic heterocycles. The van der Waals surface area contributed by atoms with Crippen LogP contribution < -0.4 is 10.1 Å². The Kier molecular flexibility index (Phi) is 6.30. The van der Waals surface area contributed by atoms with E-state index in [1.165, 1.54) is 43.7 Å². The molecule has 9 nitrogen and oxygen atoms in total. The Morgan fingerprint density at radius 1 is 1.34 bits per heavy atom. The first-order chi connectivity index (χ1) is 13.9. The van der Waals surface area contributed by atoms with E-state index in [2.05, 4.69) is 15.5 Å². The predicted octanol–water partition coefficient (Wildman–Crippen LogP) is 2.38. The molecule has 0 atom stereocenters. The normalized spacial score (nSPS) is 11.6. The first kappa shape index (κ1) is 21.0. The van der Waals surface area contributed by atoms with E-state index in [1.807, 2.05) is 17.5 Å². The summed E-state index contributed by atoms with van der Waals surface area (Å²) < 4.78 is 37.4. The number of hydrogen-bond acceptors (Lipinski definition) is 8. The maximum atomic E-state index is 13.0. The second kappa shape index (κ2) is 8.72. The van der Waals surface area contributed by atoms with E-state index in [0.29, 0.717) is 12.4 Å². The number of nitrogens with one attached hydrogen (secondary N) is 1. The van der Waals surface area contributed by atoms with Crippen molar-refractivity contribution in [3.8, 4) is 16.5 Å². The highest BCUT2D eigenvalue weighted by Crippen LogP contribution is 2.26. The van der Waals surface area contributed by atoms with E-state index >= 15 is 0 Å². The van der Waals surface area contributed by atoms with Crippen molar-refractivity contribution in [2.24, 2.45) is 0 Å². The number of amides is 1. The molecule has 1 aromatic carbocycles. The fourth-order valence-electron chi connectivity index (χ4n) is 2.56. The predicted molar refractivity (Wildman–Crippen MR) is 107 cm³/mol. The van der Waals surface area contributed by atoms with Gasteiger partial charge in [0.05, 0.1) is 29.0 Å². The van der Waals surface area contributed by atoms with Crippen LogP contribution in [0.15, 0.2) is 45.1 Å². The summed E-state index contributed by atoms with van der Waals surface area (Å²) in [5, 5.41) is 8.41. The van der Waals surface area contributed by atoms with Crippen LogP contribution in [0, 0.1) is 0 Å². The van der Waals surface area contributed by atoms with Gasteiger partial charge in [-0.15, -0.1) is 11.3 Å². The lowest BCUT2D eigenvalue weighted by molar-refractivity contribution is 0.0952. The zero-order valence-corrected chi connectivity index (χ0v) is 17.7. The summed E-state index contributed by atoms with van der Waals surface area (Å²) in [6.45, 7) is 2.07. The molecule has 0 saturated heterocycles. The second-order valence-corrected chi connectivity index (χ2v) is 8.96. The molecule has 0 bridgehead atoms. The van der Waals surface area contributed by atoms with E-state index < -0.39 is 15.9 Å². The van der Waals surface area contributed by atoms with E-state index in [0.717, 1.165) is 9.18 Å². The van der Waals surface area contributed by atoms with Gasteiger partial charge < -0.3 is 14.6 Å². The molecule has 0 spiro atoms. The second-order valence-electron chi connectivity index (χ2n) is 5.97. The molecule has 0 saturated carbocycles. The minimum atomic E-state index is -3.91. The van der Waals surface area contributed by atoms with Gasteiger partial charge >= 0.3 is 0 Å². The fraction of sp³-hybridized carbons (Fsp3) is 0.278. The minimum absolute atomic E-state index is 0.0416. The van der Waals surface area contributed by atoms with Gasteiger partial charge in [0.1, 0.15) is 5.75 Å². The standard InChI is InChI=1S/C18H20N4O5S2/c1-4-19-18(23)13-10-12(7-8-14(13)26-3)29(24,25)22(2)11-16-20-17(21-27-16)15-6-5-9-28-15/h5-10H,4,11H2,1-3H3,(H,19,23). The Morgan fingerprint density at radius 2 is 2.14 bits per heavy atom. The lowest BCUT2D eigenvalue weighted by Gasteiger charge is -2.16. The van der Waals surface area contributed by atoms with E-state index in [9.17, 15) is 13.2 Å². The summed E-state index contributed by atoms with van der Waals surface area (Å²) in [7, 11) is -1.09. The van der Waals surface area contributed by atoms with E-state index in [4.69, 9.17) is 9.26 Å². The average molecular weight is 437 g/mol. The highest BCUT2D eigenvalue weighted by molar-refractivity contribution is 7.89. The Balaban J connectivity index is 1.84. The summed E-state index contributed by atoms with van der Waals surface area (Å²) in [4.78, 5) is 17.3. The highest BCUT2D eigenvalue weighted by atomic mass is 32.2. The Morgan fingerprint density at radius 3 is 2.79 bits per heavy atom. The summed E-state index contributed by atoms with van der Waals surface area (Å²) in [6, 6.07) is 7.84. The maximum Gasteiger partial charge on any atom is 0.255 e. The molecule has 0 aliphatic carbocycles. The van der Waals surface area contributed by atoms with Gasteiger partial charge in [0.15, 0.2) is 0 Å². The quantitative estimate of drug-likeness (QED) is 0.576. The molecule has 2 aromatic heterocycles. The molecule has 3 rings (SSSR count). The van der Waals surface area contributed by atoms with E-state index in [-0.39, 0.29) is 28.6 Å². The van der Waals surface area contributed by atoms with Crippen molar-refractivity contribution in [3.63, 3.8) is 0 Å². The number of ether oxygens (including phenoxy) is 1. The van der Waals surface area contributed by atoms with Gasteiger partial charge in [0.2, 0.25) is 21.7 Å². The lowest BCUT2D eigenvalue weighted by atomic mass is 10.2. The number of thiophene rings is 1. The van der Waals surface area contributed by atoms with Gasteiger partial charge in [-0.25, -0.2) is 8.42 Å². The minimum Gasteiger partial charge on any atom is -0.496 e. The molecule has 1 N–H and O–H groups in total. The zero-order chi connectivity index (χ0) is 21.0. The number of nitrogens with zero attached hydrogens (tertiary/aromatic N) is 3. The van der Waals surface area contributed by atoms with Crippen LogP contribution in [-0.2, 0) is 16.6 Å². The monoisotopic (exact) mass is 436 g/mol. The van der Waals surface area contributed by atoms with Gasteiger partial charge in [0.25, 0.3) is 5.91 Å². The molecule has 0 unspecified atom stereocenters. The average Bonchev–Trinajstić information content (AvgIpc) is 3.39. The van der Waals surface area contributed by atoms with Gasteiger partial charge in [-0.1, -0.05) is 11.2 Å². The molecule has 154 valence electrons. The molecular weight excluding hydrogens is 416 g/mol. The first-order valence-corrected chi connectivity index (χ1v) is 11.0. The molecule has 2 heterocycles. The molecule has 3 aromatic rings. The van der Waals surface area contributed by atoms with Crippen LogP contribution >= 0.6 is 11.3 Å². The third-order valence-corrected chi connectivity index (χ3v) is 6.69. The van der Waals surface area contributed by atoms with Gasteiger partial charge in [-0.2, -0.15) is 9.29 Å². The molecule has 11 heteroatoms. The van der Waals surface area contributed by atoms with Crippen molar-refractivity contribution < 1.29 is 22.5 Å². The molecule has 29 heavy (non-hydrogen) atoms. The summed E-state index contributed by atoms with van der Waals surface area (Å²) in [6.07, 6.45) is 0. The fourth-order valence-corrected chi connectivity index (χ4v) is 4.36.